The highest BCUT2D eigenvalue weighted by Crippen LogP contribution is 2.43. The Morgan fingerprint density at radius 1 is 1.10 bits per heavy atom. The first-order chi connectivity index (χ1) is 14.2. The minimum absolute atomic E-state index is 0.0110. The van der Waals surface area contributed by atoms with E-state index < -0.39 is 14.9 Å². The fourth-order valence-corrected chi connectivity index (χ4v) is 4.62. The number of sulfonamides is 1. The third kappa shape index (κ3) is 5.16. The average molecular weight is 452 g/mol. The van der Waals surface area contributed by atoms with Crippen molar-refractivity contribution in [3.05, 3.63) is 69.2 Å². The summed E-state index contributed by atoms with van der Waals surface area (Å²) < 4.78 is 26.9. The van der Waals surface area contributed by atoms with E-state index in [1.165, 1.54) is 0 Å². The summed E-state index contributed by atoms with van der Waals surface area (Å²) in [6.45, 7) is 0.418. The van der Waals surface area contributed by atoms with Gasteiger partial charge in [0.15, 0.2) is 0 Å². The fourth-order valence-electron chi connectivity index (χ4n) is 3.46. The van der Waals surface area contributed by atoms with Crippen molar-refractivity contribution < 1.29 is 18.1 Å². The Hall–Kier alpha value is -2.49. The van der Waals surface area contributed by atoms with E-state index in [1.54, 1.807) is 0 Å². The summed E-state index contributed by atoms with van der Waals surface area (Å²) in [7, 11) is -3.85. The summed E-state index contributed by atoms with van der Waals surface area (Å²) in [6.07, 6.45) is 3.03. The van der Waals surface area contributed by atoms with Crippen molar-refractivity contribution in [2.24, 2.45) is 0 Å². The molecular weight excluding hydrogens is 430 g/mol. The first-order valence-electron chi connectivity index (χ1n) is 9.49. The Morgan fingerprint density at radius 3 is 2.27 bits per heavy atom. The van der Waals surface area contributed by atoms with Gasteiger partial charge < -0.3 is 5.32 Å². The molecule has 0 heterocycles. The van der Waals surface area contributed by atoms with Crippen LogP contribution in [0.1, 0.15) is 31.2 Å². The molecule has 0 bridgehead atoms. The molecule has 1 aliphatic carbocycles. The number of rotatable bonds is 9. The number of amides is 1. The quantitative estimate of drug-likeness (QED) is 0.448. The number of nitrogens with one attached hydrogen (secondary N) is 2. The van der Waals surface area contributed by atoms with Crippen LogP contribution >= 0.6 is 11.6 Å². The summed E-state index contributed by atoms with van der Waals surface area (Å²) in [5.74, 6) is -0.248. The van der Waals surface area contributed by atoms with Gasteiger partial charge in [-0.3, -0.25) is 14.9 Å². The molecule has 2 aromatic rings. The van der Waals surface area contributed by atoms with Crippen LogP contribution in [0.15, 0.2) is 53.4 Å². The van der Waals surface area contributed by atoms with Crippen molar-refractivity contribution in [3.8, 4) is 0 Å². The zero-order valence-corrected chi connectivity index (χ0v) is 17.7. The van der Waals surface area contributed by atoms with Crippen molar-refractivity contribution in [3.63, 3.8) is 0 Å². The maximum Gasteiger partial charge on any atom is 0.269 e. The Morgan fingerprint density at radius 2 is 1.73 bits per heavy atom. The lowest BCUT2D eigenvalue weighted by molar-refractivity contribution is -0.384. The van der Waals surface area contributed by atoms with Gasteiger partial charge in [0.05, 0.1) is 9.82 Å². The van der Waals surface area contributed by atoms with Crippen LogP contribution in [-0.2, 0) is 20.2 Å². The minimum atomic E-state index is -3.85. The number of hydrogen-bond acceptors (Lipinski definition) is 5. The van der Waals surface area contributed by atoms with E-state index in [1.807, 2.05) is 24.3 Å². The number of nitrogens with zero attached hydrogens (tertiary/aromatic N) is 1. The second-order valence-corrected chi connectivity index (χ2v) is 9.52. The van der Waals surface area contributed by atoms with Crippen LogP contribution < -0.4 is 10.0 Å². The van der Waals surface area contributed by atoms with Gasteiger partial charge in [0, 0.05) is 42.1 Å². The van der Waals surface area contributed by atoms with Gasteiger partial charge in [-0.25, -0.2) is 13.1 Å². The maximum absolute atomic E-state index is 12.3. The van der Waals surface area contributed by atoms with Gasteiger partial charge in [0.25, 0.3) is 5.69 Å². The molecule has 0 spiro atoms. The number of carbonyl (C=O) groups is 1. The van der Waals surface area contributed by atoms with E-state index in [2.05, 4.69) is 10.0 Å². The molecule has 10 heteroatoms. The van der Waals surface area contributed by atoms with Crippen LogP contribution in [0.5, 0.6) is 0 Å². The zero-order valence-electron chi connectivity index (χ0n) is 16.1. The molecule has 160 valence electrons. The number of halogens is 1. The summed E-state index contributed by atoms with van der Waals surface area (Å²) in [4.78, 5) is 22.2. The van der Waals surface area contributed by atoms with E-state index in [4.69, 9.17) is 11.6 Å². The number of benzene rings is 2. The number of non-ortho nitro benzene ring substituents is 1. The van der Waals surface area contributed by atoms with Crippen molar-refractivity contribution in [2.45, 2.75) is 36.0 Å². The predicted molar refractivity (Wildman–Crippen MR) is 113 cm³/mol. The number of hydrogen-bond donors (Lipinski definition) is 2. The molecule has 1 amide bonds. The Bertz CT molecular complexity index is 1020. The first kappa shape index (κ1) is 22.2. The molecule has 0 radical (unpaired) electrons. The molecule has 1 fully saturated rings. The van der Waals surface area contributed by atoms with Gasteiger partial charge in [0.2, 0.25) is 15.9 Å². The van der Waals surface area contributed by atoms with E-state index in [0.29, 0.717) is 11.6 Å². The molecule has 8 nitrogen and oxygen atoms in total. The molecular formula is C20H22ClN3O5S. The summed E-state index contributed by atoms with van der Waals surface area (Å²) in [5, 5.41) is 14.2. The molecule has 0 atom stereocenters. The highest BCUT2D eigenvalue weighted by molar-refractivity contribution is 7.89. The average Bonchev–Trinajstić information content (AvgIpc) is 2.68. The first-order valence-corrected chi connectivity index (χ1v) is 11.3. The molecule has 0 unspecified atom stereocenters. The van der Waals surface area contributed by atoms with Crippen LogP contribution in [-0.4, -0.2) is 32.3 Å². The maximum atomic E-state index is 12.3. The van der Waals surface area contributed by atoms with E-state index in [-0.39, 0.29) is 34.9 Å². The number of carbonyl (C=O) groups excluding carboxylic acids is 1. The molecule has 1 saturated carbocycles. The van der Waals surface area contributed by atoms with Crippen molar-refractivity contribution >= 4 is 33.2 Å². The van der Waals surface area contributed by atoms with Crippen LogP contribution in [0, 0.1) is 10.1 Å². The monoisotopic (exact) mass is 451 g/mol. The normalized spacial score (nSPS) is 15.2. The van der Waals surface area contributed by atoms with Crippen molar-refractivity contribution in [1.82, 2.24) is 10.0 Å². The van der Waals surface area contributed by atoms with Crippen LogP contribution in [0.3, 0.4) is 0 Å². The van der Waals surface area contributed by atoms with Crippen molar-refractivity contribution in [1.29, 1.82) is 0 Å². The molecule has 0 saturated heterocycles. The second kappa shape index (κ2) is 9.11. The summed E-state index contributed by atoms with van der Waals surface area (Å²) in [5.41, 5.74) is 0.842. The summed E-state index contributed by atoms with van der Waals surface area (Å²) in [6, 6.07) is 12.2. The standard InChI is InChI=1S/C20H22ClN3O5S/c21-16-4-2-15(3-5-16)20(11-1-12-20)14-22-19(25)10-13-23-30(28,29)18-8-6-17(7-9-18)24(26)27/h2-9,23H,1,10-14H2,(H,22,25). The van der Waals surface area contributed by atoms with E-state index in [9.17, 15) is 23.3 Å². The van der Waals surface area contributed by atoms with Crippen molar-refractivity contribution in [2.75, 3.05) is 13.1 Å². The highest BCUT2D eigenvalue weighted by atomic mass is 35.5. The molecule has 0 aliphatic heterocycles. The smallest absolute Gasteiger partial charge is 0.269 e. The lowest BCUT2D eigenvalue weighted by Gasteiger charge is -2.42. The van der Waals surface area contributed by atoms with E-state index >= 15 is 0 Å². The zero-order chi connectivity index (χ0) is 21.8. The third-order valence-electron chi connectivity index (χ3n) is 5.39. The van der Waals surface area contributed by atoms with E-state index in [0.717, 1.165) is 49.1 Å². The molecule has 30 heavy (non-hydrogen) atoms. The van der Waals surface area contributed by atoms with Crippen LogP contribution in [0.25, 0.3) is 0 Å². The second-order valence-electron chi connectivity index (χ2n) is 7.32. The molecule has 2 N–H and O–H groups in total. The van der Waals surface area contributed by atoms with Crippen LogP contribution in [0.2, 0.25) is 5.02 Å². The molecule has 3 rings (SSSR count). The topological polar surface area (TPSA) is 118 Å². The summed E-state index contributed by atoms with van der Waals surface area (Å²) >= 11 is 5.95. The predicted octanol–water partition coefficient (Wildman–Crippen LogP) is 3.15. The SMILES string of the molecule is O=C(CCNS(=O)(=O)c1ccc([N+](=O)[O-])cc1)NCC1(c2ccc(Cl)cc2)CCC1. The molecule has 0 aromatic heterocycles. The van der Waals surface area contributed by atoms with Gasteiger partial charge in [-0.2, -0.15) is 0 Å². The van der Waals surface area contributed by atoms with Gasteiger partial charge in [-0.05, 0) is 42.7 Å². The lowest BCUT2D eigenvalue weighted by atomic mass is 9.64. The Balaban J connectivity index is 1.49. The number of nitro groups is 1. The van der Waals surface area contributed by atoms with Gasteiger partial charge >= 0.3 is 0 Å². The molecule has 1 aliphatic rings. The Kier molecular flexibility index (Phi) is 6.74. The lowest BCUT2D eigenvalue weighted by Crippen LogP contribution is -2.46. The number of nitro benzene ring substituents is 1. The highest BCUT2D eigenvalue weighted by Gasteiger charge is 2.38. The molecule has 2 aromatic carbocycles. The minimum Gasteiger partial charge on any atom is -0.355 e. The van der Waals surface area contributed by atoms with Gasteiger partial charge in [0.1, 0.15) is 0 Å². The fraction of sp³-hybridized carbons (Fsp3) is 0.350. The van der Waals surface area contributed by atoms with Crippen LogP contribution in [0.4, 0.5) is 5.69 Å². The van der Waals surface area contributed by atoms with Gasteiger partial charge in [-0.1, -0.05) is 30.2 Å². The van der Waals surface area contributed by atoms with Gasteiger partial charge in [-0.15, -0.1) is 0 Å². The Labute approximate surface area is 179 Å². The largest absolute Gasteiger partial charge is 0.355 e. The third-order valence-corrected chi connectivity index (χ3v) is 7.12.